The Kier molecular flexibility index (Phi) is 6.00. The van der Waals surface area contributed by atoms with E-state index in [4.69, 9.17) is 9.47 Å². The van der Waals surface area contributed by atoms with Crippen LogP contribution in [0, 0.1) is 5.82 Å². The summed E-state index contributed by atoms with van der Waals surface area (Å²) in [5, 5.41) is 9.61. The normalized spacial score (nSPS) is 12.7. The van der Waals surface area contributed by atoms with E-state index in [1.54, 1.807) is 19.2 Å². The van der Waals surface area contributed by atoms with Crippen molar-refractivity contribution >= 4 is 0 Å². The van der Waals surface area contributed by atoms with E-state index in [0.717, 1.165) is 5.56 Å². The molecular weight excluding hydrogens is 211 g/mol. The van der Waals surface area contributed by atoms with Gasteiger partial charge in [-0.2, -0.15) is 0 Å². The van der Waals surface area contributed by atoms with Gasteiger partial charge >= 0.3 is 0 Å². The lowest BCUT2D eigenvalue weighted by molar-refractivity contribution is 0.0137. The smallest absolute Gasteiger partial charge is 0.123 e. The molecule has 1 unspecified atom stereocenters. The Hall–Kier alpha value is -0.970. The lowest BCUT2D eigenvalue weighted by atomic mass is 10.1. The Balaban J connectivity index is 2.23. The second-order valence-corrected chi connectivity index (χ2v) is 3.55. The highest BCUT2D eigenvalue weighted by Crippen LogP contribution is 2.06. The van der Waals surface area contributed by atoms with E-state index in [1.807, 2.05) is 0 Å². The molecule has 0 spiro atoms. The highest BCUT2D eigenvalue weighted by atomic mass is 19.1. The minimum absolute atomic E-state index is 0.265. The molecule has 16 heavy (non-hydrogen) atoms. The summed E-state index contributed by atoms with van der Waals surface area (Å²) >= 11 is 0. The van der Waals surface area contributed by atoms with E-state index < -0.39 is 6.10 Å². The largest absolute Gasteiger partial charge is 0.390 e. The number of aliphatic hydroxyl groups excluding tert-OH is 1. The molecule has 0 saturated carbocycles. The lowest BCUT2D eigenvalue weighted by Crippen LogP contribution is -2.19. The number of ether oxygens (including phenoxy) is 2. The summed E-state index contributed by atoms with van der Waals surface area (Å²) in [6.07, 6.45) is -0.102. The van der Waals surface area contributed by atoms with Gasteiger partial charge in [-0.1, -0.05) is 12.1 Å². The third-order valence-corrected chi connectivity index (χ3v) is 2.13. The van der Waals surface area contributed by atoms with Gasteiger partial charge in [-0.05, 0) is 17.7 Å². The quantitative estimate of drug-likeness (QED) is 0.717. The van der Waals surface area contributed by atoms with E-state index in [-0.39, 0.29) is 12.4 Å². The van der Waals surface area contributed by atoms with Crippen molar-refractivity contribution in [1.29, 1.82) is 0 Å². The molecule has 0 radical (unpaired) electrons. The second kappa shape index (κ2) is 7.33. The molecule has 0 bridgehead atoms. The van der Waals surface area contributed by atoms with Crippen LogP contribution < -0.4 is 0 Å². The van der Waals surface area contributed by atoms with Crippen molar-refractivity contribution in [2.24, 2.45) is 0 Å². The van der Waals surface area contributed by atoms with Gasteiger partial charge in [0.25, 0.3) is 0 Å². The molecule has 1 N–H and O–H groups in total. The van der Waals surface area contributed by atoms with Crippen LogP contribution in [-0.2, 0) is 15.9 Å². The Morgan fingerprint density at radius 2 is 1.94 bits per heavy atom. The molecule has 0 amide bonds. The first kappa shape index (κ1) is 13.1. The lowest BCUT2D eigenvalue weighted by Gasteiger charge is -2.11. The molecule has 0 saturated heterocycles. The van der Waals surface area contributed by atoms with Gasteiger partial charge in [0.05, 0.1) is 25.9 Å². The number of rotatable bonds is 7. The first-order valence-corrected chi connectivity index (χ1v) is 5.21. The predicted molar refractivity (Wildman–Crippen MR) is 58.8 cm³/mol. The number of hydrogen-bond acceptors (Lipinski definition) is 3. The van der Waals surface area contributed by atoms with Crippen LogP contribution in [0.5, 0.6) is 0 Å². The summed E-state index contributed by atoms with van der Waals surface area (Å²) in [5.41, 5.74) is 0.893. The van der Waals surface area contributed by atoms with Crippen LogP contribution in [0.15, 0.2) is 24.3 Å². The molecule has 0 fully saturated rings. The second-order valence-electron chi connectivity index (χ2n) is 3.55. The first-order chi connectivity index (χ1) is 7.72. The van der Waals surface area contributed by atoms with Crippen molar-refractivity contribution in [1.82, 2.24) is 0 Å². The van der Waals surface area contributed by atoms with Gasteiger partial charge in [0.15, 0.2) is 0 Å². The molecule has 1 atom stereocenters. The molecule has 0 aliphatic heterocycles. The zero-order valence-corrected chi connectivity index (χ0v) is 9.36. The van der Waals surface area contributed by atoms with Crippen LogP contribution in [0.25, 0.3) is 0 Å². The van der Waals surface area contributed by atoms with E-state index in [0.29, 0.717) is 19.6 Å². The van der Waals surface area contributed by atoms with E-state index in [9.17, 15) is 9.50 Å². The van der Waals surface area contributed by atoms with Crippen LogP contribution in [0.2, 0.25) is 0 Å². The average Bonchev–Trinajstić information content (AvgIpc) is 2.28. The van der Waals surface area contributed by atoms with Crippen LogP contribution in [0.4, 0.5) is 4.39 Å². The summed E-state index contributed by atoms with van der Waals surface area (Å²) in [7, 11) is 1.60. The zero-order valence-electron chi connectivity index (χ0n) is 9.36. The van der Waals surface area contributed by atoms with Gasteiger partial charge in [-0.25, -0.2) is 4.39 Å². The molecular formula is C12H17FO3. The van der Waals surface area contributed by atoms with E-state index >= 15 is 0 Å². The monoisotopic (exact) mass is 228 g/mol. The maximum absolute atomic E-state index is 12.6. The van der Waals surface area contributed by atoms with Crippen molar-refractivity contribution in [3.63, 3.8) is 0 Å². The van der Waals surface area contributed by atoms with Gasteiger partial charge in [-0.3, -0.25) is 0 Å². The molecule has 0 aliphatic carbocycles. The number of halogens is 1. The third kappa shape index (κ3) is 5.21. The summed E-state index contributed by atoms with van der Waals surface area (Å²) in [6.45, 7) is 1.25. The van der Waals surface area contributed by atoms with Crippen molar-refractivity contribution in [2.75, 3.05) is 26.9 Å². The number of aliphatic hydroxyl groups is 1. The van der Waals surface area contributed by atoms with Gasteiger partial charge in [0.2, 0.25) is 0 Å². The molecule has 0 heterocycles. The highest BCUT2D eigenvalue weighted by Gasteiger charge is 2.05. The van der Waals surface area contributed by atoms with Crippen LogP contribution in [0.3, 0.4) is 0 Å². The molecule has 90 valence electrons. The Labute approximate surface area is 94.8 Å². The first-order valence-electron chi connectivity index (χ1n) is 5.21. The van der Waals surface area contributed by atoms with E-state index in [1.165, 1.54) is 12.1 Å². The van der Waals surface area contributed by atoms with E-state index in [2.05, 4.69) is 0 Å². The summed E-state index contributed by atoms with van der Waals surface area (Å²) in [6, 6.07) is 6.09. The fourth-order valence-electron chi connectivity index (χ4n) is 1.31. The predicted octanol–water partition coefficient (Wildman–Crippen LogP) is 1.39. The van der Waals surface area contributed by atoms with Crippen molar-refractivity contribution < 1.29 is 19.0 Å². The molecule has 1 rings (SSSR count). The molecule has 4 heteroatoms. The van der Waals surface area contributed by atoms with Crippen LogP contribution in [0.1, 0.15) is 5.56 Å². The van der Waals surface area contributed by atoms with Crippen molar-refractivity contribution in [3.8, 4) is 0 Å². The SMILES string of the molecule is COCCOCC(O)Cc1ccc(F)cc1. The molecule has 0 aliphatic rings. The Bertz CT molecular complexity index is 287. The minimum atomic E-state index is -0.567. The maximum Gasteiger partial charge on any atom is 0.123 e. The topological polar surface area (TPSA) is 38.7 Å². The molecule has 1 aromatic carbocycles. The molecule has 3 nitrogen and oxygen atoms in total. The summed E-state index contributed by atoms with van der Waals surface area (Å²) in [4.78, 5) is 0. The van der Waals surface area contributed by atoms with Crippen LogP contribution >= 0.6 is 0 Å². The summed E-state index contributed by atoms with van der Waals surface area (Å²) in [5.74, 6) is -0.269. The van der Waals surface area contributed by atoms with Gasteiger partial charge < -0.3 is 14.6 Å². The van der Waals surface area contributed by atoms with Gasteiger partial charge in [-0.15, -0.1) is 0 Å². The highest BCUT2D eigenvalue weighted by molar-refractivity contribution is 5.16. The standard InChI is InChI=1S/C12H17FO3/c1-15-6-7-16-9-12(14)8-10-2-4-11(13)5-3-10/h2-5,12,14H,6-9H2,1H3. The summed E-state index contributed by atoms with van der Waals surface area (Å²) < 4.78 is 22.6. The number of hydrogen-bond donors (Lipinski definition) is 1. The maximum atomic E-state index is 12.6. The fraction of sp³-hybridized carbons (Fsp3) is 0.500. The van der Waals surface area contributed by atoms with Gasteiger partial charge in [0, 0.05) is 13.5 Å². The molecule has 1 aromatic rings. The van der Waals surface area contributed by atoms with Crippen LogP contribution in [-0.4, -0.2) is 38.1 Å². The van der Waals surface area contributed by atoms with Crippen molar-refractivity contribution in [2.45, 2.75) is 12.5 Å². The zero-order chi connectivity index (χ0) is 11.8. The fourth-order valence-corrected chi connectivity index (χ4v) is 1.31. The van der Waals surface area contributed by atoms with Gasteiger partial charge in [0.1, 0.15) is 5.82 Å². The van der Waals surface area contributed by atoms with Crippen molar-refractivity contribution in [3.05, 3.63) is 35.6 Å². The number of benzene rings is 1. The molecule has 0 aromatic heterocycles. The Morgan fingerprint density at radius 3 is 2.56 bits per heavy atom. The number of methoxy groups -OCH3 is 1. The third-order valence-electron chi connectivity index (χ3n) is 2.13. The average molecular weight is 228 g/mol. The minimum Gasteiger partial charge on any atom is -0.390 e. The Morgan fingerprint density at radius 1 is 1.25 bits per heavy atom.